The van der Waals surface area contributed by atoms with Crippen LogP contribution in [0.2, 0.25) is 0 Å². The van der Waals surface area contributed by atoms with Crippen LogP contribution in [0.3, 0.4) is 0 Å². The van der Waals surface area contributed by atoms with Crippen molar-refractivity contribution in [3.63, 3.8) is 0 Å². The van der Waals surface area contributed by atoms with Crippen LogP contribution in [0.25, 0.3) is 0 Å². The molecule has 5 heteroatoms. The molecular weight excluding hydrogens is 258 g/mol. The lowest BCUT2D eigenvalue weighted by Gasteiger charge is -2.33. The minimum atomic E-state index is -1.45. The van der Waals surface area contributed by atoms with Crippen molar-refractivity contribution >= 4 is 0 Å². The molecule has 0 amide bonds. The fourth-order valence-corrected chi connectivity index (χ4v) is 1.34. The van der Waals surface area contributed by atoms with Gasteiger partial charge in [0.2, 0.25) is 0 Å². The Morgan fingerprint density at radius 3 is 1.58 bits per heavy atom. The van der Waals surface area contributed by atoms with Gasteiger partial charge < -0.3 is 4.90 Å². The molecule has 0 fully saturated rings. The van der Waals surface area contributed by atoms with Crippen LogP contribution < -0.4 is 0 Å². The Kier molecular flexibility index (Phi) is 15.9. The largest absolute Gasteiger partial charge is 0.306 e. The molecule has 0 bridgehead atoms. The molecule has 19 heavy (non-hydrogen) atoms. The average Bonchev–Trinajstić information content (AvgIpc) is 2.32. The third kappa shape index (κ3) is 11.2. The summed E-state index contributed by atoms with van der Waals surface area (Å²) in [6, 6.07) is 0. The van der Waals surface area contributed by atoms with E-state index in [0.717, 1.165) is 0 Å². The molecule has 0 N–H and O–H groups in total. The summed E-state index contributed by atoms with van der Waals surface area (Å²) in [5, 5.41) is 0. The molecule has 0 heterocycles. The van der Waals surface area contributed by atoms with Crippen LogP contribution in [0.1, 0.15) is 41.0 Å². The van der Waals surface area contributed by atoms with Crippen LogP contribution in [0.5, 0.6) is 0 Å². The van der Waals surface area contributed by atoms with Gasteiger partial charge in [-0.15, -0.1) is 0 Å². The van der Waals surface area contributed by atoms with Gasteiger partial charge in [0.1, 0.15) is 18.5 Å². The van der Waals surface area contributed by atoms with E-state index in [-0.39, 0.29) is 13.0 Å². The van der Waals surface area contributed by atoms with Gasteiger partial charge >= 0.3 is 0 Å². The first-order valence-corrected chi connectivity index (χ1v) is 6.62. The summed E-state index contributed by atoms with van der Waals surface area (Å²) in [5.41, 5.74) is -1.13. The molecule has 0 aliphatic carbocycles. The van der Waals surface area contributed by atoms with Crippen molar-refractivity contribution in [2.24, 2.45) is 5.41 Å². The van der Waals surface area contributed by atoms with Crippen LogP contribution in [-0.4, -0.2) is 51.2 Å². The first-order chi connectivity index (χ1) is 8.67. The Bertz CT molecular complexity index is 166. The second-order valence-corrected chi connectivity index (χ2v) is 5.04. The molecule has 1 nitrogen and oxygen atoms in total. The molecule has 0 aromatic carbocycles. The maximum Gasteiger partial charge on any atom is 0.121 e. The maximum atomic E-state index is 13.7. The lowest BCUT2D eigenvalue weighted by molar-refractivity contribution is 0.0180. The Hall–Kier alpha value is -0.320. The molecule has 0 aliphatic rings. The monoisotopic (exact) mass is 289 g/mol. The Morgan fingerprint density at radius 2 is 1.32 bits per heavy atom. The van der Waals surface area contributed by atoms with Gasteiger partial charge in [0.25, 0.3) is 0 Å². The van der Waals surface area contributed by atoms with E-state index < -0.39 is 23.9 Å². The van der Waals surface area contributed by atoms with Crippen LogP contribution in [0.15, 0.2) is 0 Å². The zero-order valence-electron chi connectivity index (χ0n) is 13.6. The molecule has 3 unspecified atom stereocenters. The molecule has 0 rings (SSSR count). The minimum absolute atomic E-state index is 0.161. The molecule has 0 radical (unpaired) electrons. The van der Waals surface area contributed by atoms with Gasteiger partial charge in [-0.05, 0) is 21.0 Å². The van der Waals surface area contributed by atoms with Crippen LogP contribution in [-0.2, 0) is 0 Å². The number of hydrogen-bond acceptors (Lipinski definition) is 1. The fraction of sp³-hybridized carbons (Fsp3) is 1.00. The third-order valence-corrected chi connectivity index (χ3v) is 2.67. The van der Waals surface area contributed by atoms with Crippen LogP contribution in [0, 0.1) is 5.41 Å². The molecule has 0 saturated carbocycles. The molecule has 120 valence electrons. The van der Waals surface area contributed by atoms with Crippen molar-refractivity contribution in [3.05, 3.63) is 0 Å². The van der Waals surface area contributed by atoms with Gasteiger partial charge in [0.15, 0.2) is 0 Å². The van der Waals surface area contributed by atoms with Gasteiger partial charge in [-0.25, -0.2) is 13.2 Å². The highest BCUT2D eigenvalue weighted by Crippen LogP contribution is 2.33. The van der Waals surface area contributed by atoms with E-state index in [1.54, 1.807) is 19.0 Å². The Balaban J connectivity index is -0.000000579. The van der Waals surface area contributed by atoms with Crippen molar-refractivity contribution in [3.8, 4) is 0 Å². The van der Waals surface area contributed by atoms with E-state index in [9.17, 15) is 17.6 Å². The zero-order chi connectivity index (χ0) is 16.2. The quantitative estimate of drug-likeness (QED) is 0.645. The summed E-state index contributed by atoms with van der Waals surface area (Å²) in [7, 11) is 3.96. The standard InChI is InChI=1S/C11H22F3N.C2H6.CH3F/c1-8(12)6-9(13)11(2,3)10(14)7-15(4)5;2*1-2/h8-10H,6-7H2,1-5H3;1-2H3;1H3. The molecule has 0 spiro atoms. The first-order valence-electron chi connectivity index (χ1n) is 6.62. The predicted molar refractivity (Wildman–Crippen MR) is 75.7 cm³/mol. The van der Waals surface area contributed by atoms with Gasteiger partial charge in [0, 0.05) is 18.4 Å². The van der Waals surface area contributed by atoms with Gasteiger partial charge in [-0.1, -0.05) is 27.7 Å². The summed E-state index contributed by atoms with van der Waals surface area (Å²) < 4.78 is 49.5. The van der Waals surface area contributed by atoms with E-state index in [0.29, 0.717) is 7.18 Å². The molecule has 3 atom stereocenters. The number of rotatable bonds is 6. The van der Waals surface area contributed by atoms with Crippen molar-refractivity contribution in [1.29, 1.82) is 0 Å². The van der Waals surface area contributed by atoms with E-state index >= 15 is 0 Å². The van der Waals surface area contributed by atoms with Crippen LogP contribution in [0.4, 0.5) is 17.6 Å². The van der Waals surface area contributed by atoms with Crippen molar-refractivity contribution < 1.29 is 17.6 Å². The molecule has 0 aromatic heterocycles. The molecule has 0 aromatic rings. The van der Waals surface area contributed by atoms with Crippen LogP contribution >= 0.6 is 0 Å². The highest BCUT2D eigenvalue weighted by Gasteiger charge is 2.39. The highest BCUT2D eigenvalue weighted by molar-refractivity contribution is 4.87. The summed E-state index contributed by atoms with van der Waals surface area (Å²) in [4.78, 5) is 1.66. The van der Waals surface area contributed by atoms with Gasteiger partial charge in [-0.3, -0.25) is 4.39 Å². The number of hydrogen-bond donors (Lipinski definition) is 0. The molecular formula is C14H31F4N. The smallest absolute Gasteiger partial charge is 0.121 e. The average molecular weight is 289 g/mol. The Morgan fingerprint density at radius 1 is 0.947 bits per heavy atom. The second-order valence-electron chi connectivity index (χ2n) is 5.04. The van der Waals surface area contributed by atoms with E-state index in [1.165, 1.54) is 20.8 Å². The van der Waals surface area contributed by atoms with Crippen molar-refractivity contribution in [1.82, 2.24) is 4.90 Å². The first kappa shape index (κ1) is 23.7. The van der Waals surface area contributed by atoms with Gasteiger partial charge in [0.05, 0.1) is 7.18 Å². The second kappa shape index (κ2) is 12.7. The summed E-state index contributed by atoms with van der Waals surface area (Å²) >= 11 is 0. The maximum absolute atomic E-state index is 13.7. The zero-order valence-corrected chi connectivity index (χ0v) is 13.6. The highest BCUT2D eigenvalue weighted by atomic mass is 19.2. The van der Waals surface area contributed by atoms with Crippen molar-refractivity contribution in [2.75, 3.05) is 27.8 Å². The normalized spacial score (nSPS) is 15.6. The molecule has 0 aliphatic heterocycles. The number of alkyl halides is 4. The van der Waals surface area contributed by atoms with E-state index in [2.05, 4.69) is 0 Å². The number of halogens is 4. The number of nitrogens with zero attached hydrogens (tertiary/aromatic N) is 1. The topological polar surface area (TPSA) is 3.24 Å². The minimum Gasteiger partial charge on any atom is -0.306 e. The predicted octanol–water partition coefficient (Wildman–Crippen LogP) is 4.61. The third-order valence-electron chi connectivity index (χ3n) is 2.67. The summed E-state index contributed by atoms with van der Waals surface area (Å²) in [5.74, 6) is 0. The SMILES string of the molecule is CC.CC(F)CC(F)C(C)(C)C(F)CN(C)C.CF. The fourth-order valence-electron chi connectivity index (χ4n) is 1.34. The summed E-state index contributed by atoms with van der Waals surface area (Å²) in [6.07, 6.45) is -4.21. The summed E-state index contributed by atoms with van der Waals surface area (Å²) in [6.45, 7) is 8.47. The Labute approximate surface area is 116 Å². The van der Waals surface area contributed by atoms with Crippen molar-refractivity contribution in [2.45, 2.75) is 59.6 Å². The lowest BCUT2D eigenvalue weighted by Crippen LogP contribution is -2.42. The van der Waals surface area contributed by atoms with Gasteiger partial charge in [-0.2, -0.15) is 0 Å². The lowest BCUT2D eigenvalue weighted by atomic mass is 9.80. The molecule has 0 saturated heterocycles. The van der Waals surface area contributed by atoms with E-state index in [4.69, 9.17) is 0 Å². The van der Waals surface area contributed by atoms with E-state index in [1.807, 2.05) is 13.8 Å².